The molecule has 0 aliphatic carbocycles. The third kappa shape index (κ3) is 3.57. The summed E-state index contributed by atoms with van der Waals surface area (Å²) in [6, 6.07) is 8.04. The highest BCUT2D eigenvalue weighted by Gasteiger charge is 2.09. The molecule has 0 saturated heterocycles. The van der Waals surface area contributed by atoms with Crippen molar-refractivity contribution in [1.29, 1.82) is 0 Å². The zero-order valence-electron chi connectivity index (χ0n) is 12.0. The van der Waals surface area contributed by atoms with Crippen molar-refractivity contribution in [3.05, 3.63) is 59.4 Å². The molecule has 2 rings (SSSR count). The van der Waals surface area contributed by atoms with Crippen LogP contribution < -0.4 is 5.32 Å². The lowest BCUT2D eigenvalue weighted by Crippen LogP contribution is -2.25. The van der Waals surface area contributed by atoms with Crippen molar-refractivity contribution in [3.8, 4) is 0 Å². The maximum atomic E-state index is 11.9. The summed E-state index contributed by atoms with van der Waals surface area (Å²) >= 11 is 0. The smallest absolute Gasteiger partial charge is 0.244 e. The molecule has 1 aromatic heterocycles. The van der Waals surface area contributed by atoms with Gasteiger partial charge in [-0.05, 0) is 31.1 Å². The first-order valence-corrected chi connectivity index (χ1v) is 6.59. The van der Waals surface area contributed by atoms with Gasteiger partial charge in [0.1, 0.15) is 0 Å². The number of carbonyl (C=O) groups is 1. The lowest BCUT2D eigenvalue weighted by molar-refractivity contribution is -0.117. The van der Waals surface area contributed by atoms with E-state index in [1.165, 1.54) is 11.6 Å². The van der Waals surface area contributed by atoms with Crippen molar-refractivity contribution in [3.63, 3.8) is 0 Å². The first-order chi connectivity index (χ1) is 9.56. The van der Waals surface area contributed by atoms with Gasteiger partial charge in [0.05, 0.1) is 12.2 Å². The third-order valence-electron chi connectivity index (χ3n) is 3.17. The van der Waals surface area contributed by atoms with Crippen LogP contribution in [0.1, 0.15) is 29.7 Å². The van der Waals surface area contributed by atoms with E-state index in [2.05, 4.69) is 10.4 Å². The second kappa shape index (κ2) is 6.19. The Balaban J connectivity index is 1.98. The first-order valence-electron chi connectivity index (χ1n) is 6.59. The van der Waals surface area contributed by atoms with Gasteiger partial charge in [-0.25, -0.2) is 0 Å². The second-order valence-corrected chi connectivity index (χ2v) is 4.87. The highest BCUT2D eigenvalue weighted by molar-refractivity contribution is 5.91. The van der Waals surface area contributed by atoms with Gasteiger partial charge in [0, 0.05) is 24.9 Å². The van der Waals surface area contributed by atoms with Crippen LogP contribution in [0.2, 0.25) is 0 Å². The highest BCUT2D eigenvalue weighted by atomic mass is 16.1. The molecule has 1 N–H and O–H groups in total. The van der Waals surface area contributed by atoms with Crippen molar-refractivity contribution in [2.75, 3.05) is 0 Å². The van der Waals surface area contributed by atoms with Crippen LogP contribution >= 0.6 is 0 Å². The van der Waals surface area contributed by atoms with Crippen molar-refractivity contribution >= 4 is 12.0 Å². The van der Waals surface area contributed by atoms with Crippen molar-refractivity contribution in [2.45, 2.75) is 19.9 Å². The van der Waals surface area contributed by atoms with Crippen LogP contribution in [0, 0.1) is 6.92 Å². The number of aromatic nitrogens is 2. The highest BCUT2D eigenvalue weighted by Crippen LogP contribution is 2.16. The van der Waals surface area contributed by atoms with Gasteiger partial charge in [-0.3, -0.25) is 9.48 Å². The van der Waals surface area contributed by atoms with Crippen LogP contribution in [-0.2, 0) is 11.8 Å². The Bertz CT molecular complexity index is 628. The predicted octanol–water partition coefficient (Wildman–Crippen LogP) is 2.62. The fourth-order valence-electron chi connectivity index (χ4n) is 2.11. The number of carbonyl (C=O) groups excluding carboxylic acids is 1. The second-order valence-electron chi connectivity index (χ2n) is 4.87. The fraction of sp³-hybridized carbons (Fsp3) is 0.250. The van der Waals surface area contributed by atoms with Crippen molar-refractivity contribution < 1.29 is 4.79 Å². The van der Waals surface area contributed by atoms with Gasteiger partial charge in [-0.1, -0.05) is 24.3 Å². The van der Waals surface area contributed by atoms with E-state index in [9.17, 15) is 4.79 Å². The van der Waals surface area contributed by atoms with Crippen molar-refractivity contribution in [1.82, 2.24) is 15.1 Å². The minimum atomic E-state index is -0.107. The molecule has 1 heterocycles. The molecule has 0 aliphatic heterocycles. The minimum absolute atomic E-state index is 0.0118. The molecule has 0 aliphatic rings. The quantitative estimate of drug-likeness (QED) is 0.867. The number of aryl methyl sites for hydroxylation is 2. The van der Waals surface area contributed by atoms with Crippen LogP contribution in [0.5, 0.6) is 0 Å². The summed E-state index contributed by atoms with van der Waals surface area (Å²) in [7, 11) is 1.84. The van der Waals surface area contributed by atoms with Crippen LogP contribution in [0.25, 0.3) is 6.08 Å². The molecule has 1 aromatic carbocycles. The minimum Gasteiger partial charge on any atom is -0.346 e. The van der Waals surface area contributed by atoms with Gasteiger partial charge in [0.25, 0.3) is 0 Å². The Morgan fingerprint density at radius 2 is 2.15 bits per heavy atom. The monoisotopic (exact) mass is 269 g/mol. The average Bonchev–Trinajstić information content (AvgIpc) is 2.82. The van der Waals surface area contributed by atoms with E-state index < -0.39 is 0 Å². The summed E-state index contributed by atoms with van der Waals surface area (Å²) in [5.41, 5.74) is 3.22. The molecule has 0 bridgehead atoms. The molecule has 0 fully saturated rings. The van der Waals surface area contributed by atoms with Crippen LogP contribution in [0.4, 0.5) is 0 Å². The fourth-order valence-corrected chi connectivity index (χ4v) is 2.11. The Morgan fingerprint density at radius 3 is 2.80 bits per heavy atom. The van der Waals surface area contributed by atoms with Gasteiger partial charge in [0.2, 0.25) is 5.91 Å². The van der Waals surface area contributed by atoms with E-state index in [4.69, 9.17) is 0 Å². The van der Waals surface area contributed by atoms with E-state index in [1.807, 2.05) is 51.4 Å². The van der Waals surface area contributed by atoms with E-state index in [0.717, 1.165) is 11.1 Å². The van der Waals surface area contributed by atoms with E-state index >= 15 is 0 Å². The molecule has 0 spiro atoms. The molecule has 0 unspecified atom stereocenters. The number of amides is 1. The zero-order chi connectivity index (χ0) is 14.5. The summed E-state index contributed by atoms with van der Waals surface area (Å²) in [5, 5.41) is 7.01. The molecule has 1 amide bonds. The molecule has 20 heavy (non-hydrogen) atoms. The van der Waals surface area contributed by atoms with Gasteiger partial charge in [0.15, 0.2) is 0 Å². The first kappa shape index (κ1) is 14.1. The van der Waals surface area contributed by atoms with Gasteiger partial charge in [-0.15, -0.1) is 0 Å². The molecule has 0 saturated carbocycles. The topological polar surface area (TPSA) is 46.9 Å². The standard InChI is InChI=1S/C16H19N3O/c1-12-6-4-5-7-15(12)13(2)18-16(20)9-8-14-10-17-19(3)11-14/h4-11,13H,1-3H3,(H,18,20)/b9-8+/t13-/m1/s1. The normalized spacial score (nSPS) is 12.6. The molecule has 2 aromatic rings. The number of hydrogen-bond donors (Lipinski definition) is 1. The molecule has 4 heteroatoms. The van der Waals surface area contributed by atoms with Gasteiger partial charge in [-0.2, -0.15) is 5.10 Å². The zero-order valence-corrected chi connectivity index (χ0v) is 12.0. The number of nitrogens with one attached hydrogen (secondary N) is 1. The summed E-state index contributed by atoms with van der Waals surface area (Å²) in [6.45, 7) is 4.03. The number of benzene rings is 1. The molecular weight excluding hydrogens is 250 g/mol. The van der Waals surface area contributed by atoms with Crippen LogP contribution in [0.3, 0.4) is 0 Å². The Kier molecular flexibility index (Phi) is 4.35. The Hall–Kier alpha value is -2.36. The van der Waals surface area contributed by atoms with E-state index in [0.29, 0.717) is 0 Å². The SMILES string of the molecule is Cc1ccccc1[C@@H](C)NC(=O)/C=C/c1cnn(C)c1. The van der Waals surface area contributed by atoms with Gasteiger partial charge < -0.3 is 5.32 Å². The van der Waals surface area contributed by atoms with Crippen LogP contribution in [-0.4, -0.2) is 15.7 Å². The Morgan fingerprint density at radius 1 is 1.40 bits per heavy atom. The summed E-state index contributed by atoms with van der Waals surface area (Å²) < 4.78 is 1.70. The molecule has 4 nitrogen and oxygen atoms in total. The summed E-state index contributed by atoms with van der Waals surface area (Å²) in [6.07, 6.45) is 6.86. The van der Waals surface area contributed by atoms with Crippen LogP contribution in [0.15, 0.2) is 42.7 Å². The molecular formula is C16H19N3O. The average molecular weight is 269 g/mol. The largest absolute Gasteiger partial charge is 0.346 e. The van der Waals surface area contributed by atoms with Crippen molar-refractivity contribution in [2.24, 2.45) is 7.05 Å². The lowest BCUT2D eigenvalue weighted by Gasteiger charge is -2.15. The third-order valence-corrected chi connectivity index (χ3v) is 3.17. The summed E-state index contributed by atoms with van der Waals surface area (Å²) in [5.74, 6) is -0.107. The Labute approximate surface area is 119 Å². The maximum Gasteiger partial charge on any atom is 0.244 e. The molecule has 0 radical (unpaired) electrons. The van der Waals surface area contributed by atoms with E-state index in [-0.39, 0.29) is 11.9 Å². The molecule has 1 atom stereocenters. The van der Waals surface area contributed by atoms with E-state index in [1.54, 1.807) is 17.0 Å². The number of nitrogens with zero attached hydrogens (tertiary/aromatic N) is 2. The molecule has 104 valence electrons. The lowest BCUT2D eigenvalue weighted by atomic mass is 10.0. The number of hydrogen-bond acceptors (Lipinski definition) is 2. The predicted molar refractivity (Wildman–Crippen MR) is 80.0 cm³/mol. The number of rotatable bonds is 4. The maximum absolute atomic E-state index is 11.9. The van der Waals surface area contributed by atoms with Gasteiger partial charge >= 0.3 is 0 Å². The summed E-state index contributed by atoms with van der Waals surface area (Å²) in [4.78, 5) is 11.9.